The molecule has 1 saturated heterocycles. The van der Waals surface area contributed by atoms with Gasteiger partial charge in [0.15, 0.2) is 0 Å². The summed E-state index contributed by atoms with van der Waals surface area (Å²) in [5, 5.41) is 0. The summed E-state index contributed by atoms with van der Waals surface area (Å²) in [5.41, 5.74) is 0. The highest BCUT2D eigenvalue weighted by Crippen LogP contribution is 2.59. The van der Waals surface area contributed by atoms with Crippen LogP contribution >= 0.6 is 0 Å². The van der Waals surface area contributed by atoms with E-state index in [1.54, 1.807) is 6.42 Å². The Labute approximate surface area is 133 Å². The maximum Gasteiger partial charge on any atom is 0.119 e. The molecule has 3 aliphatic carbocycles. The maximum absolute atomic E-state index is 3.10. The molecule has 0 aromatic carbocycles. The largest absolute Gasteiger partial charge is 0.318 e. The summed E-state index contributed by atoms with van der Waals surface area (Å²) in [4.78, 5) is 0. The van der Waals surface area contributed by atoms with Crippen molar-refractivity contribution in [3.05, 3.63) is 6.42 Å². The SMILES string of the molecule is CC1CCC2C(C1)C1C3CCCCC3[CH]C1N2[Si](C)(C)C. The minimum absolute atomic E-state index is 0.866. The molecule has 4 rings (SSSR count). The van der Waals surface area contributed by atoms with Crippen molar-refractivity contribution < 1.29 is 0 Å². The molecule has 21 heavy (non-hydrogen) atoms. The summed E-state index contributed by atoms with van der Waals surface area (Å²) in [5.74, 6) is 5.09. The van der Waals surface area contributed by atoms with E-state index in [2.05, 4.69) is 37.6 Å². The van der Waals surface area contributed by atoms with Gasteiger partial charge in [-0.05, 0) is 68.1 Å². The molecule has 119 valence electrons. The molecule has 1 nitrogen and oxygen atoms in total. The van der Waals surface area contributed by atoms with Crippen LogP contribution in [0.4, 0.5) is 0 Å². The number of hydrogen-bond donors (Lipinski definition) is 0. The third-order valence-electron chi connectivity index (χ3n) is 7.28. The molecule has 1 heterocycles. The summed E-state index contributed by atoms with van der Waals surface area (Å²) >= 11 is 0. The fraction of sp³-hybridized carbons (Fsp3) is 0.947. The van der Waals surface area contributed by atoms with Crippen molar-refractivity contribution in [3.8, 4) is 0 Å². The zero-order chi connectivity index (χ0) is 14.8. The molecule has 4 fully saturated rings. The molecule has 4 aliphatic rings. The molecule has 7 atom stereocenters. The summed E-state index contributed by atoms with van der Waals surface area (Å²) in [6.07, 6.45) is 13.4. The fourth-order valence-corrected chi connectivity index (χ4v) is 9.19. The summed E-state index contributed by atoms with van der Waals surface area (Å²) in [6.45, 7) is 10.3. The monoisotopic (exact) mass is 304 g/mol. The van der Waals surface area contributed by atoms with Crippen LogP contribution < -0.4 is 0 Å². The van der Waals surface area contributed by atoms with Gasteiger partial charge in [0, 0.05) is 12.1 Å². The Hall–Kier alpha value is 0.177. The topological polar surface area (TPSA) is 3.24 Å². The highest BCUT2D eigenvalue weighted by molar-refractivity contribution is 6.73. The molecule has 0 bridgehead atoms. The molecule has 0 spiro atoms. The second kappa shape index (κ2) is 5.09. The zero-order valence-electron chi connectivity index (χ0n) is 14.5. The van der Waals surface area contributed by atoms with Crippen molar-refractivity contribution in [2.24, 2.45) is 29.6 Å². The molecule has 0 aromatic heterocycles. The van der Waals surface area contributed by atoms with Gasteiger partial charge >= 0.3 is 0 Å². The van der Waals surface area contributed by atoms with Gasteiger partial charge in [0.2, 0.25) is 0 Å². The molecule has 0 N–H and O–H groups in total. The highest BCUT2D eigenvalue weighted by Gasteiger charge is 2.60. The van der Waals surface area contributed by atoms with Gasteiger partial charge in [0.1, 0.15) is 8.24 Å². The average Bonchev–Trinajstić information content (AvgIpc) is 2.91. The highest BCUT2D eigenvalue weighted by atomic mass is 28.3. The summed E-state index contributed by atoms with van der Waals surface area (Å²) < 4.78 is 3.10. The van der Waals surface area contributed by atoms with Crippen LogP contribution in [0, 0.1) is 36.0 Å². The van der Waals surface area contributed by atoms with Crippen LogP contribution in [-0.4, -0.2) is 24.9 Å². The van der Waals surface area contributed by atoms with Gasteiger partial charge in [-0.25, -0.2) is 0 Å². The van der Waals surface area contributed by atoms with E-state index in [0.717, 1.165) is 41.7 Å². The van der Waals surface area contributed by atoms with Gasteiger partial charge in [-0.15, -0.1) is 0 Å². The predicted octanol–water partition coefficient (Wildman–Crippen LogP) is 4.95. The number of fused-ring (bicyclic) bond motifs is 5. The molecule has 1 aliphatic heterocycles. The molecular weight excluding hydrogens is 270 g/mol. The quantitative estimate of drug-likeness (QED) is 0.619. The minimum Gasteiger partial charge on any atom is -0.318 e. The predicted molar refractivity (Wildman–Crippen MR) is 92.5 cm³/mol. The first-order valence-corrected chi connectivity index (χ1v) is 13.0. The van der Waals surface area contributed by atoms with E-state index in [4.69, 9.17) is 0 Å². The van der Waals surface area contributed by atoms with Gasteiger partial charge in [0.25, 0.3) is 0 Å². The Morgan fingerprint density at radius 3 is 2.48 bits per heavy atom. The maximum atomic E-state index is 3.10. The lowest BCUT2D eigenvalue weighted by Gasteiger charge is -2.44. The Morgan fingerprint density at radius 2 is 1.71 bits per heavy atom. The zero-order valence-corrected chi connectivity index (χ0v) is 15.5. The van der Waals surface area contributed by atoms with Crippen molar-refractivity contribution in [2.45, 2.75) is 83.6 Å². The second-order valence-corrected chi connectivity index (χ2v) is 14.5. The minimum atomic E-state index is -1.20. The van der Waals surface area contributed by atoms with Crippen molar-refractivity contribution in [2.75, 3.05) is 0 Å². The number of nitrogens with zero attached hydrogens (tertiary/aromatic N) is 1. The first-order valence-electron chi connectivity index (χ1n) is 9.60. The van der Waals surface area contributed by atoms with Crippen LogP contribution in [0.1, 0.15) is 51.9 Å². The van der Waals surface area contributed by atoms with Crippen molar-refractivity contribution in [1.29, 1.82) is 0 Å². The van der Waals surface area contributed by atoms with E-state index in [9.17, 15) is 0 Å². The van der Waals surface area contributed by atoms with E-state index in [1.165, 1.54) is 38.5 Å². The molecule has 2 heteroatoms. The number of rotatable bonds is 1. The van der Waals surface area contributed by atoms with Crippen molar-refractivity contribution in [3.63, 3.8) is 0 Å². The molecule has 1 radical (unpaired) electrons. The van der Waals surface area contributed by atoms with E-state index in [1.807, 2.05) is 0 Å². The average molecular weight is 305 g/mol. The Bertz CT molecular complexity index is 401. The van der Waals surface area contributed by atoms with Crippen LogP contribution in [0.5, 0.6) is 0 Å². The van der Waals surface area contributed by atoms with Crippen LogP contribution in [0.15, 0.2) is 0 Å². The molecule has 7 unspecified atom stereocenters. The van der Waals surface area contributed by atoms with E-state index < -0.39 is 8.24 Å². The van der Waals surface area contributed by atoms with Crippen LogP contribution in [0.2, 0.25) is 19.6 Å². The summed E-state index contributed by atoms with van der Waals surface area (Å²) in [6, 6.07) is 1.81. The third-order valence-corrected chi connectivity index (χ3v) is 9.46. The summed E-state index contributed by atoms with van der Waals surface area (Å²) in [7, 11) is -1.20. The lowest BCUT2D eigenvalue weighted by molar-refractivity contribution is 0.136. The Morgan fingerprint density at radius 1 is 0.952 bits per heavy atom. The lowest BCUT2D eigenvalue weighted by atomic mass is 9.68. The van der Waals surface area contributed by atoms with Gasteiger partial charge in [-0.2, -0.15) is 0 Å². The fourth-order valence-electron chi connectivity index (χ4n) is 6.72. The van der Waals surface area contributed by atoms with Crippen LogP contribution in [0.3, 0.4) is 0 Å². The van der Waals surface area contributed by atoms with Crippen LogP contribution in [-0.2, 0) is 0 Å². The van der Waals surface area contributed by atoms with Crippen molar-refractivity contribution in [1.82, 2.24) is 4.57 Å². The first-order chi connectivity index (χ1) is 9.97. The van der Waals surface area contributed by atoms with Crippen LogP contribution in [0.25, 0.3) is 0 Å². The van der Waals surface area contributed by atoms with E-state index >= 15 is 0 Å². The first kappa shape index (κ1) is 14.7. The standard InChI is InChI=1S/C19H34NSi/c1-13-9-10-17-16(11-13)19-15-8-6-5-7-14(15)12-18(19)20(17)21(2,3)4/h12-19H,5-11H2,1-4H3. The second-order valence-electron chi connectivity index (χ2n) is 9.60. The molecule has 3 saturated carbocycles. The number of hydrogen-bond acceptors (Lipinski definition) is 1. The van der Waals surface area contributed by atoms with Crippen molar-refractivity contribution >= 4 is 8.24 Å². The van der Waals surface area contributed by atoms with Gasteiger partial charge in [-0.1, -0.05) is 39.4 Å². The van der Waals surface area contributed by atoms with Gasteiger partial charge < -0.3 is 4.57 Å². The van der Waals surface area contributed by atoms with E-state index in [-0.39, 0.29) is 0 Å². The molecular formula is C19H34NSi. The lowest BCUT2D eigenvalue weighted by Crippen LogP contribution is -2.54. The smallest absolute Gasteiger partial charge is 0.119 e. The molecule has 0 amide bonds. The Balaban J connectivity index is 1.68. The van der Waals surface area contributed by atoms with Gasteiger partial charge in [-0.3, -0.25) is 0 Å². The van der Waals surface area contributed by atoms with E-state index in [0.29, 0.717) is 0 Å². The normalized spacial score (nSPS) is 50.6. The molecule has 0 aromatic rings. The third kappa shape index (κ3) is 2.27. The van der Waals surface area contributed by atoms with Gasteiger partial charge in [0.05, 0.1) is 0 Å². The Kier molecular flexibility index (Phi) is 3.58.